The van der Waals surface area contributed by atoms with Crippen LogP contribution in [0.5, 0.6) is 0 Å². The van der Waals surface area contributed by atoms with Gasteiger partial charge in [0.05, 0.1) is 16.4 Å². The fraction of sp³-hybridized carbons (Fsp3) is 0.800. The molecule has 2 unspecified atom stereocenters. The Morgan fingerprint density at radius 3 is 2.68 bits per heavy atom. The number of nitrogens with zero attached hydrogens (tertiary/aromatic N) is 2. The summed E-state index contributed by atoms with van der Waals surface area (Å²) in [4.78, 5) is 0. The molecule has 2 aliphatic carbocycles. The average Bonchev–Trinajstić information content (AvgIpc) is 2.91. The Balaban J connectivity index is 1.86. The molecule has 1 heterocycles. The Labute approximate surface area is 120 Å². The SMILES string of the molecule is CCn1nc(C)c(Cl)c1CC1(CNC)CC2CC2C1. The predicted molar refractivity (Wildman–Crippen MR) is 78.5 cm³/mol. The largest absolute Gasteiger partial charge is 0.319 e. The summed E-state index contributed by atoms with van der Waals surface area (Å²) >= 11 is 6.48. The van der Waals surface area contributed by atoms with E-state index in [2.05, 4.69) is 29.1 Å². The molecule has 1 aromatic rings. The molecule has 2 atom stereocenters. The summed E-state index contributed by atoms with van der Waals surface area (Å²) in [5.41, 5.74) is 2.63. The lowest BCUT2D eigenvalue weighted by molar-refractivity contribution is 0.249. The highest BCUT2D eigenvalue weighted by Gasteiger charge is 2.53. The molecule has 2 fully saturated rings. The number of halogens is 1. The summed E-state index contributed by atoms with van der Waals surface area (Å²) in [6.45, 7) is 6.16. The van der Waals surface area contributed by atoms with E-state index in [-0.39, 0.29) is 0 Å². The fourth-order valence-electron chi connectivity index (χ4n) is 4.13. The smallest absolute Gasteiger partial charge is 0.0847 e. The van der Waals surface area contributed by atoms with Gasteiger partial charge in [0.2, 0.25) is 0 Å². The fourth-order valence-corrected chi connectivity index (χ4v) is 4.33. The molecule has 19 heavy (non-hydrogen) atoms. The maximum atomic E-state index is 6.48. The van der Waals surface area contributed by atoms with Crippen LogP contribution < -0.4 is 5.32 Å². The van der Waals surface area contributed by atoms with Gasteiger partial charge < -0.3 is 5.32 Å². The van der Waals surface area contributed by atoms with Gasteiger partial charge in [0.25, 0.3) is 0 Å². The standard InChI is InChI=1S/C15H24ClN3/c1-4-19-13(14(16)10(2)18-19)8-15(9-17-3)6-11-5-12(11)7-15/h11-12,17H,4-9H2,1-3H3. The van der Waals surface area contributed by atoms with E-state index in [1.165, 1.54) is 25.0 Å². The summed E-state index contributed by atoms with van der Waals surface area (Å²) in [6, 6.07) is 0. The van der Waals surface area contributed by atoms with E-state index in [9.17, 15) is 0 Å². The van der Waals surface area contributed by atoms with Gasteiger partial charge in [-0.15, -0.1) is 0 Å². The van der Waals surface area contributed by atoms with Crippen LogP contribution in [0.3, 0.4) is 0 Å². The quantitative estimate of drug-likeness (QED) is 0.899. The molecule has 0 spiro atoms. The van der Waals surface area contributed by atoms with Gasteiger partial charge in [-0.25, -0.2) is 0 Å². The number of aromatic nitrogens is 2. The maximum absolute atomic E-state index is 6.48. The Morgan fingerprint density at radius 2 is 2.11 bits per heavy atom. The van der Waals surface area contributed by atoms with Gasteiger partial charge >= 0.3 is 0 Å². The van der Waals surface area contributed by atoms with Crippen molar-refractivity contribution < 1.29 is 0 Å². The molecule has 0 radical (unpaired) electrons. The first-order chi connectivity index (χ1) is 9.08. The third-order valence-corrected chi connectivity index (χ3v) is 5.50. The maximum Gasteiger partial charge on any atom is 0.0847 e. The highest BCUT2D eigenvalue weighted by atomic mass is 35.5. The van der Waals surface area contributed by atoms with Crippen LogP contribution in [0.4, 0.5) is 0 Å². The second kappa shape index (κ2) is 4.78. The van der Waals surface area contributed by atoms with Crippen molar-refractivity contribution in [2.75, 3.05) is 13.6 Å². The summed E-state index contributed by atoms with van der Waals surface area (Å²) in [5.74, 6) is 1.98. The third-order valence-electron chi connectivity index (χ3n) is 5.01. The molecule has 106 valence electrons. The van der Waals surface area contributed by atoms with Gasteiger partial charge in [0, 0.05) is 13.1 Å². The van der Waals surface area contributed by atoms with Crippen molar-refractivity contribution in [3.8, 4) is 0 Å². The third kappa shape index (κ3) is 2.31. The molecular weight excluding hydrogens is 258 g/mol. The first kappa shape index (κ1) is 13.4. The van der Waals surface area contributed by atoms with E-state index in [4.69, 9.17) is 11.6 Å². The van der Waals surface area contributed by atoms with Crippen LogP contribution in [-0.2, 0) is 13.0 Å². The van der Waals surface area contributed by atoms with Crippen molar-refractivity contribution in [1.82, 2.24) is 15.1 Å². The topological polar surface area (TPSA) is 29.9 Å². The molecule has 2 aliphatic rings. The van der Waals surface area contributed by atoms with Gasteiger partial charge in [0.1, 0.15) is 0 Å². The first-order valence-corrected chi connectivity index (χ1v) is 7.83. The van der Waals surface area contributed by atoms with Crippen LogP contribution in [-0.4, -0.2) is 23.4 Å². The van der Waals surface area contributed by atoms with Crippen LogP contribution in [0.2, 0.25) is 5.02 Å². The molecule has 0 aromatic carbocycles. The van der Waals surface area contributed by atoms with E-state index < -0.39 is 0 Å². The van der Waals surface area contributed by atoms with Crippen LogP contribution in [0, 0.1) is 24.2 Å². The Hall–Kier alpha value is -0.540. The Kier molecular flexibility index (Phi) is 3.38. The molecule has 1 aromatic heterocycles. The van der Waals surface area contributed by atoms with Crippen molar-refractivity contribution in [2.45, 2.75) is 46.1 Å². The van der Waals surface area contributed by atoms with E-state index in [1.54, 1.807) is 0 Å². The second-order valence-corrected chi connectivity index (χ2v) is 6.91. The highest BCUT2D eigenvalue weighted by molar-refractivity contribution is 6.31. The number of aryl methyl sites for hydroxylation is 2. The van der Waals surface area contributed by atoms with Crippen LogP contribution >= 0.6 is 11.6 Å². The van der Waals surface area contributed by atoms with E-state index in [0.29, 0.717) is 5.41 Å². The number of hydrogen-bond acceptors (Lipinski definition) is 2. The van der Waals surface area contributed by atoms with Gasteiger partial charge in [-0.2, -0.15) is 5.10 Å². The normalized spacial score (nSPS) is 32.6. The minimum Gasteiger partial charge on any atom is -0.319 e. The van der Waals surface area contributed by atoms with Crippen molar-refractivity contribution in [1.29, 1.82) is 0 Å². The number of fused-ring (bicyclic) bond motifs is 1. The predicted octanol–water partition coefficient (Wildman–Crippen LogP) is 3.04. The van der Waals surface area contributed by atoms with Crippen molar-refractivity contribution in [2.24, 2.45) is 17.3 Å². The van der Waals surface area contributed by atoms with Gasteiger partial charge in [-0.1, -0.05) is 11.6 Å². The summed E-state index contributed by atoms with van der Waals surface area (Å²) < 4.78 is 2.10. The monoisotopic (exact) mass is 281 g/mol. The zero-order valence-corrected chi connectivity index (χ0v) is 12.9. The summed E-state index contributed by atoms with van der Waals surface area (Å²) in [7, 11) is 2.07. The van der Waals surface area contributed by atoms with Crippen molar-refractivity contribution >= 4 is 11.6 Å². The number of hydrogen-bond donors (Lipinski definition) is 1. The molecule has 2 saturated carbocycles. The van der Waals surface area contributed by atoms with E-state index in [0.717, 1.165) is 42.1 Å². The molecule has 3 rings (SSSR count). The van der Waals surface area contributed by atoms with Crippen LogP contribution in [0.15, 0.2) is 0 Å². The van der Waals surface area contributed by atoms with Crippen LogP contribution in [0.1, 0.15) is 37.6 Å². The van der Waals surface area contributed by atoms with Crippen molar-refractivity contribution in [3.05, 3.63) is 16.4 Å². The second-order valence-electron chi connectivity index (χ2n) is 6.53. The highest BCUT2D eigenvalue weighted by Crippen LogP contribution is 2.60. The Morgan fingerprint density at radius 1 is 1.42 bits per heavy atom. The van der Waals surface area contributed by atoms with Crippen molar-refractivity contribution in [3.63, 3.8) is 0 Å². The molecule has 0 saturated heterocycles. The van der Waals surface area contributed by atoms with Gasteiger partial charge in [-0.05, 0) is 63.8 Å². The molecule has 3 nitrogen and oxygen atoms in total. The number of rotatable bonds is 5. The van der Waals surface area contributed by atoms with Gasteiger partial charge in [-0.3, -0.25) is 4.68 Å². The van der Waals surface area contributed by atoms with Crippen LogP contribution in [0.25, 0.3) is 0 Å². The minimum absolute atomic E-state index is 0.408. The molecule has 1 N–H and O–H groups in total. The lowest BCUT2D eigenvalue weighted by Crippen LogP contribution is -2.34. The number of nitrogens with one attached hydrogen (secondary N) is 1. The van der Waals surface area contributed by atoms with Gasteiger partial charge in [0.15, 0.2) is 0 Å². The summed E-state index contributed by atoms with van der Waals surface area (Å²) in [5, 5.41) is 8.85. The molecule has 0 bridgehead atoms. The average molecular weight is 282 g/mol. The first-order valence-electron chi connectivity index (χ1n) is 7.45. The lowest BCUT2D eigenvalue weighted by atomic mass is 9.78. The minimum atomic E-state index is 0.408. The molecule has 4 heteroatoms. The molecular formula is C15H24ClN3. The summed E-state index contributed by atoms with van der Waals surface area (Å²) in [6.07, 6.45) is 5.27. The molecule has 0 amide bonds. The zero-order valence-electron chi connectivity index (χ0n) is 12.2. The molecule has 0 aliphatic heterocycles. The van der Waals surface area contributed by atoms with E-state index in [1.807, 2.05) is 6.92 Å². The zero-order chi connectivity index (χ0) is 13.6. The van der Waals surface area contributed by atoms with E-state index >= 15 is 0 Å². The lowest BCUT2D eigenvalue weighted by Gasteiger charge is -2.31. The Bertz CT molecular complexity index is 470.